The Hall–Kier alpha value is -3.68. The molecule has 4 N–H and O–H groups in total. The Morgan fingerprint density at radius 1 is 1.00 bits per heavy atom. The smallest absolute Gasteiger partial charge is 0.334 e. The van der Waals surface area contributed by atoms with Crippen LogP contribution in [0.2, 0.25) is 0 Å². The molecule has 4 amide bonds. The van der Waals surface area contributed by atoms with Crippen molar-refractivity contribution in [1.29, 1.82) is 0 Å². The van der Waals surface area contributed by atoms with Crippen molar-refractivity contribution in [2.45, 2.75) is 24.8 Å². The molecule has 11 heteroatoms. The van der Waals surface area contributed by atoms with E-state index in [1.54, 1.807) is 44.1 Å². The Balaban J connectivity index is 1.47. The zero-order valence-corrected chi connectivity index (χ0v) is 23.9. The molecular weight excluding hydrogens is 623 g/mol. The number of phenols is 1. The minimum atomic E-state index is -0.890. The van der Waals surface area contributed by atoms with E-state index in [4.69, 9.17) is 5.73 Å². The van der Waals surface area contributed by atoms with Crippen molar-refractivity contribution >= 4 is 40.4 Å². The Labute approximate surface area is 246 Å². The third-order valence-corrected chi connectivity index (χ3v) is 8.00. The molecule has 0 saturated carbocycles. The Morgan fingerprint density at radius 3 is 2.30 bits per heavy atom. The summed E-state index contributed by atoms with van der Waals surface area (Å²) in [4.78, 5) is 44.5. The number of alkyl halides is 1. The molecule has 2 aliphatic heterocycles. The number of benzene rings is 3. The van der Waals surface area contributed by atoms with E-state index in [0.717, 1.165) is 11.1 Å². The molecule has 2 fully saturated rings. The van der Waals surface area contributed by atoms with E-state index in [0.29, 0.717) is 10.1 Å². The lowest BCUT2D eigenvalue weighted by atomic mass is 9.97. The van der Waals surface area contributed by atoms with E-state index >= 15 is 0 Å². The molecular formula is C29H31IN6O4. The second-order valence-electron chi connectivity index (χ2n) is 9.81. The SMILES string of the molecule is NC(CN1C[C@H]2N(C(=O)CN(CI)N2C(=O)NCc2ccc(O)cc2)[C@@H](c2ccccc2)C1=O)c1ccccc1. The van der Waals surface area contributed by atoms with Crippen molar-refractivity contribution in [2.24, 2.45) is 5.73 Å². The van der Waals surface area contributed by atoms with Crippen LogP contribution < -0.4 is 11.1 Å². The number of hydrogen-bond acceptors (Lipinski definition) is 6. The number of phenolic OH excluding ortho intramolecular Hbond substituents is 1. The van der Waals surface area contributed by atoms with Crippen LogP contribution >= 0.6 is 22.6 Å². The number of fused-ring (bicyclic) bond motifs is 1. The zero-order chi connectivity index (χ0) is 28.2. The number of piperazine rings is 1. The number of aromatic hydroxyl groups is 1. The maximum Gasteiger partial charge on any atom is 0.334 e. The number of hydrazine groups is 1. The van der Waals surface area contributed by atoms with Gasteiger partial charge >= 0.3 is 6.03 Å². The first-order chi connectivity index (χ1) is 19.4. The van der Waals surface area contributed by atoms with Gasteiger partial charge in [0.05, 0.1) is 17.6 Å². The van der Waals surface area contributed by atoms with Gasteiger partial charge in [-0.15, -0.1) is 0 Å². The van der Waals surface area contributed by atoms with Crippen LogP contribution in [-0.4, -0.2) is 73.1 Å². The van der Waals surface area contributed by atoms with Gasteiger partial charge in [0, 0.05) is 19.1 Å². The second-order valence-corrected chi connectivity index (χ2v) is 10.5. The van der Waals surface area contributed by atoms with E-state index in [2.05, 4.69) is 27.9 Å². The first kappa shape index (κ1) is 27.9. The quantitative estimate of drug-likeness (QED) is 0.205. The Morgan fingerprint density at radius 2 is 1.65 bits per heavy atom. The van der Waals surface area contributed by atoms with Crippen LogP contribution in [-0.2, 0) is 16.1 Å². The zero-order valence-electron chi connectivity index (χ0n) is 21.8. The largest absolute Gasteiger partial charge is 0.508 e. The topological polar surface area (TPSA) is 122 Å². The maximum absolute atomic E-state index is 14.0. The van der Waals surface area contributed by atoms with Gasteiger partial charge < -0.3 is 26.0 Å². The standard InChI is InChI=1S/C29H31IN6O4/c30-19-34-18-26(38)35-25(36(34)29(40)32-15-20-11-13-23(37)14-12-20)17-33(16-24(31)21-7-3-1-4-8-21)28(39)27(35)22-9-5-2-6-10-22/h1-14,24-25,27,37H,15-19,31H2,(H,32,40)/t24?,25-,27-/m0/s1. The van der Waals surface area contributed by atoms with E-state index in [1.807, 2.05) is 60.7 Å². The number of nitrogens with two attached hydrogens (primary N) is 1. The number of halogens is 1. The van der Waals surface area contributed by atoms with E-state index < -0.39 is 18.2 Å². The van der Waals surface area contributed by atoms with Gasteiger partial charge in [-0.05, 0) is 28.8 Å². The predicted molar refractivity (Wildman–Crippen MR) is 158 cm³/mol. The fourth-order valence-electron chi connectivity index (χ4n) is 5.23. The molecule has 5 rings (SSSR count). The summed E-state index contributed by atoms with van der Waals surface area (Å²) in [6.45, 7) is 0.549. The summed E-state index contributed by atoms with van der Waals surface area (Å²) in [5.74, 6) is -0.308. The van der Waals surface area contributed by atoms with Crippen molar-refractivity contribution < 1.29 is 19.5 Å². The van der Waals surface area contributed by atoms with Crippen LogP contribution in [0.4, 0.5) is 4.79 Å². The molecule has 0 spiro atoms. The molecule has 40 heavy (non-hydrogen) atoms. The fraction of sp³-hybridized carbons (Fsp3) is 0.276. The lowest BCUT2D eigenvalue weighted by molar-refractivity contribution is -0.188. The summed E-state index contributed by atoms with van der Waals surface area (Å²) in [6.07, 6.45) is -0.735. The highest BCUT2D eigenvalue weighted by atomic mass is 127. The molecule has 10 nitrogen and oxygen atoms in total. The first-order valence-corrected chi connectivity index (χ1v) is 14.5. The molecule has 3 aromatic carbocycles. The van der Waals surface area contributed by atoms with E-state index in [9.17, 15) is 19.5 Å². The Kier molecular flexibility index (Phi) is 8.52. The number of nitrogens with zero attached hydrogens (tertiary/aromatic N) is 4. The van der Waals surface area contributed by atoms with Crippen molar-refractivity contribution in [3.05, 3.63) is 102 Å². The summed E-state index contributed by atoms with van der Waals surface area (Å²) in [6, 6.07) is 23.6. The molecule has 3 aromatic rings. The number of hydrogen-bond donors (Lipinski definition) is 3. The summed E-state index contributed by atoms with van der Waals surface area (Å²) in [5.41, 5.74) is 8.93. The highest BCUT2D eigenvalue weighted by Crippen LogP contribution is 2.35. The van der Waals surface area contributed by atoms with E-state index in [-0.39, 0.29) is 49.8 Å². The molecule has 0 radical (unpaired) electrons. The van der Waals surface area contributed by atoms with Gasteiger partial charge in [-0.2, -0.15) is 5.01 Å². The van der Waals surface area contributed by atoms with Crippen molar-refractivity contribution in [3.63, 3.8) is 0 Å². The predicted octanol–water partition coefficient (Wildman–Crippen LogP) is 2.97. The second kappa shape index (κ2) is 12.2. The monoisotopic (exact) mass is 654 g/mol. The molecule has 0 aliphatic carbocycles. The summed E-state index contributed by atoms with van der Waals surface area (Å²) < 4.78 is 0.397. The lowest BCUT2D eigenvalue weighted by Gasteiger charge is -2.55. The van der Waals surface area contributed by atoms with Gasteiger partial charge in [-0.1, -0.05) is 95.4 Å². The average molecular weight is 655 g/mol. The average Bonchev–Trinajstić information content (AvgIpc) is 2.98. The molecule has 2 aliphatic rings. The van der Waals surface area contributed by atoms with Gasteiger partial charge in [0.2, 0.25) is 11.8 Å². The molecule has 208 valence electrons. The van der Waals surface area contributed by atoms with Crippen LogP contribution in [0, 0.1) is 0 Å². The van der Waals surface area contributed by atoms with Crippen LogP contribution in [0.25, 0.3) is 0 Å². The van der Waals surface area contributed by atoms with Crippen molar-refractivity contribution in [1.82, 2.24) is 25.1 Å². The van der Waals surface area contributed by atoms with Crippen LogP contribution in [0.5, 0.6) is 5.75 Å². The molecule has 1 unspecified atom stereocenters. The van der Waals surface area contributed by atoms with Crippen LogP contribution in [0.1, 0.15) is 28.8 Å². The number of carbonyl (C=O) groups is 3. The Bertz CT molecular complexity index is 1340. The third-order valence-electron chi connectivity index (χ3n) is 7.21. The molecule has 0 bridgehead atoms. The third kappa shape index (κ3) is 5.76. The fourth-order valence-corrected chi connectivity index (χ4v) is 5.80. The minimum Gasteiger partial charge on any atom is -0.508 e. The van der Waals surface area contributed by atoms with Gasteiger partial charge in [0.1, 0.15) is 18.0 Å². The maximum atomic E-state index is 14.0. The molecule has 2 saturated heterocycles. The van der Waals surface area contributed by atoms with E-state index in [1.165, 1.54) is 0 Å². The van der Waals surface area contributed by atoms with Gasteiger partial charge in [0.15, 0.2) is 0 Å². The van der Waals surface area contributed by atoms with Crippen molar-refractivity contribution in [3.8, 4) is 5.75 Å². The highest BCUT2D eigenvalue weighted by Gasteiger charge is 2.51. The molecule has 2 heterocycles. The number of rotatable bonds is 7. The summed E-state index contributed by atoms with van der Waals surface area (Å²) in [7, 11) is 0. The lowest BCUT2D eigenvalue weighted by Crippen LogP contribution is -2.74. The normalized spacial score (nSPS) is 20.3. The van der Waals surface area contributed by atoms with Gasteiger partial charge in [-0.3, -0.25) is 9.59 Å². The van der Waals surface area contributed by atoms with Crippen molar-refractivity contribution in [2.75, 3.05) is 24.2 Å². The number of carbonyl (C=O) groups excluding carboxylic acids is 3. The highest BCUT2D eigenvalue weighted by molar-refractivity contribution is 14.1. The molecule has 3 atom stereocenters. The van der Waals surface area contributed by atoms with Gasteiger partial charge in [-0.25, -0.2) is 9.80 Å². The number of nitrogens with one attached hydrogen (secondary N) is 1. The first-order valence-electron chi connectivity index (χ1n) is 13.0. The molecule has 0 aromatic heterocycles. The number of amides is 4. The minimum absolute atomic E-state index is 0.0355. The van der Waals surface area contributed by atoms with Crippen LogP contribution in [0.3, 0.4) is 0 Å². The van der Waals surface area contributed by atoms with Gasteiger partial charge in [0.25, 0.3) is 0 Å². The summed E-state index contributed by atoms with van der Waals surface area (Å²) in [5, 5.41) is 15.8. The number of urea groups is 1. The summed E-state index contributed by atoms with van der Waals surface area (Å²) >= 11 is 2.13. The van der Waals surface area contributed by atoms with Crippen LogP contribution in [0.15, 0.2) is 84.9 Å².